The number of ether oxygens (including phenoxy) is 1. The number of hydrogen-bond donors (Lipinski definition) is 1. The molecule has 2 saturated heterocycles. The Morgan fingerprint density at radius 3 is 2.33 bits per heavy atom. The molecule has 166 valence electrons. The Bertz CT molecular complexity index is 712. The minimum absolute atomic E-state index is 0.0197. The average Bonchev–Trinajstić information content (AvgIpc) is 2.79. The number of piperazine rings is 1. The molecule has 2 aliphatic rings. The van der Waals surface area contributed by atoms with Crippen molar-refractivity contribution in [1.29, 1.82) is 0 Å². The monoisotopic (exact) mass is 416 g/mol. The summed E-state index contributed by atoms with van der Waals surface area (Å²) in [4.78, 5) is 31.7. The van der Waals surface area contributed by atoms with Crippen molar-refractivity contribution in [3.05, 3.63) is 29.8 Å². The van der Waals surface area contributed by atoms with Crippen molar-refractivity contribution in [2.45, 2.75) is 45.2 Å². The molecule has 2 aliphatic heterocycles. The number of likely N-dealkylation sites (tertiary alicyclic amines) is 1. The molecule has 0 aliphatic carbocycles. The van der Waals surface area contributed by atoms with Gasteiger partial charge in [0.05, 0.1) is 25.7 Å². The summed E-state index contributed by atoms with van der Waals surface area (Å²) in [6, 6.07) is 7.43. The van der Waals surface area contributed by atoms with E-state index in [2.05, 4.69) is 15.1 Å². The molecule has 7 heteroatoms. The Kier molecular flexibility index (Phi) is 8.10. The van der Waals surface area contributed by atoms with E-state index in [0.717, 1.165) is 63.4 Å². The second kappa shape index (κ2) is 10.8. The van der Waals surface area contributed by atoms with Gasteiger partial charge in [0.25, 0.3) is 0 Å². The fraction of sp³-hybridized carbons (Fsp3) is 0.652. The highest BCUT2D eigenvalue weighted by molar-refractivity contribution is 5.82. The van der Waals surface area contributed by atoms with E-state index in [-0.39, 0.29) is 23.9 Å². The number of carbonyl (C=O) groups excluding carboxylic acids is 2. The van der Waals surface area contributed by atoms with Crippen LogP contribution in [0.2, 0.25) is 0 Å². The normalized spacial score (nSPS) is 20.4. The molecule has 30 heavy (non-hydrogen) atoms. The van der Waals surface area contributed by atoms with Crippen LogP contribution in [0.5, 0.6) is 5.75 Å². The number of rotatable bonds is 7. The number of methoxy groups -OCH3 is 1. The van der Waals surface area contributed by atoms with Gasteiger partial charge in [-0.1, -0.05) is 18.2 Å². The lowest BCUT2D eigenvalue weighted by molar-refractivity contribution is -0.134. The topological polar surface area (TPSA) is 65.1 Å². The molecule has 2 heterocycles. The maximum atomic E-state index is 12.8. The van der Waals surface area contributed by atoms with E-state index in [1.807, 2.05) is 43.0 Å². The smallest absolute Gasteiger partial charge is 0.237 e. The summed E-state index contributed by atoms with van der Waals surface area (Å²) in [6.07, 6.45) is 3.48. The third-order valence-corrected chi connectivity index (χ3v) is 6.37. The molecule has 0 spiro atoms. The Morgan fingerprint density at radius 1 is 1.00 bits per heavy atom. The lowest BCUT2D eigenvalue weighted by Gasteiger charge is -2.38. The zero-order valence-corrected chi connectivity index (χ0v) is 18.6. The maximum Gasteiger partial charge on any atom is 0.237 e. The number of benzene rings is 1. The van der Waals surface area contributed by atoms with Crippen molar-refractivity contribution in [2.75, 3.05) is 52.9 Å². The number of piperidine rings is 1. The summed E-state index contributed by atoms with van der Waals surface area (Å²) < 4.78 is 5.41. The predicted octanol–water partition coefficient (Wildman–Crippen LogP) is 1.89. The Morgan fingerprint density at radius 2 is 1.67 bits per heavy atom. The molecule has 1 aromatic rings. The van der Waals surface area contributed by atoms with Gasteiger partial charge in [0.1, 0.15) is 5.75 Å². The van der Waals surface area contributed by atoms with Gasteiger partial charge in [0, 0.05) is 44.8 Å². The van der Waals surface area contributed by atoms with E-state index in [4.69, 9.17) is 4.74 Å². The number of hydrogen-bond acceptors (Lipinski definition) is 5. The van der Waals surface area contributed by atoms with Crippen LogP contribution in [0.3, 0.4) is 0 Å². The average molecular weight is 417 g/mol. The number of nitrogens with one attached hydrogen (secondary N) is 1. The van der Waals surface area contributed by atoms with E-state index in [0.29, 0.717) is 6.54 Å². The molecule has 0 saturated carbocycles. The SMILES string of the molecule is COc1ccccc1C(C)NC(=O)C(C)N1CCN(CC(=O)N2CCCCC2)CC1. The number of amides is 2. The highest BCUT2D eigenvalue weighted by Gasteiger charge is 2.28. The Hall–Kier alpha value is -2.12. The molecule has 1 aromatic carbocycles. The molecular formula is C23H36N4O3. The molecule has 0 radical (unpaired) electrons. The van der Waals surface area contributed by atoms with E-state index in [1.54, 1.807) is 7.11 Å². The van der Waals surface area contributed by atoms with Crippen molar-refractivity contribution >= 4 is 11.8 Å². The lowest BCUT2D eigenvalue weighted by Crippen LogP contribution is -2.55. The molecular weight excluding hydrogens is 380 g/mol. The summed E-state index contributed by atoms with van der Waals surface area (Å²) in [5.74, 6) is 1.05. The standard InChI is InChI=1S/C23H36N4O3/c1-18(20-9-5-6-10-21(20)30-3)24-23(29)19(2)26-15-13-25(14-16-26)17-22(28)27-11-7-4-8-12-27/h5-6,9-10,18-19H,4,7-8,11-17H2,1-3H3,(H,24,29). The van der Waals surface area contributed by atoms with E-state index < -0.39 is 0 Å². The summed E-state index contributed by atoms with van der Waals surface area (Å²) in [5, 5.41) is 3.12. The fourth-order valence-electron chi connectivity index (χ4n) is 4.35. The lowest BCUT2D eigenvalue weighted by atomic mass is 10.1. The Balaban J connectivity index is 1.45. The molecule has 0 bridgehead atoms. The quantitative estimate of drug-likeness (QED) is 0.735. The molecule has 3 rings (SSSR count). The van der Waals surface area contributed by atoms with E-state index >= 15 is 0 Å². The first kappa shape index (κ1) is 22.6. The van der Waals surface area contributed by atoms with Crippen LogP contribution in [-0.2, 0) is 9.59 Å². The van der Waals surface area contributed by atoms with Gasteiger partial charge in [-0.15, -0.1) is 0 Å². The van der Waals surface area contributed by atoms with E-state index in [9.17, 15) is 9.59 Å². The van der Waals surface area contributed by atoms with Crippen molar-refractivity contribution in [3.8, 4) is 5.75 Å². The largest absolute Gasteiger partial charge is 0.496 e. The first-order valence-electron chi connectivity index (χ1n) is 11.2. The van der Waals surface area contributed by atoms with Crippen LogP contribution in [0.25, 0.3) is 0 Å². The molecule has 1 N–H and O–H groups in total. The number of para-hydroxylation sites is 1. The van der Waals surface area contributed by atoms with E-state index in [1.165, 1.54) is 6.42 Å². The predicted molar refractivity (Wildman–Crippen MR) is 117 cm³/mol. The Labute approximate surface area is 180 Å². The first-order chi connectivity index (χ1) is 14.5. The van der Waals surface area contributed by atoms with Gasteiger partial charge < -0.3 is 15.0 Å². The van der Waals surface area contributed by atoms with Gasteiger partial charge in [0.2, 0.25) is 11.8 Å². The minimum Gasteiger partial charge on any atom is -0.496 e. The van der Waals surface area contributed by atoms with Crippen LogP contribution in [0.4, 0.5) is 0 Å². The van der Waals surface area contributed by atoms with Gasteiger partial charge in [0.15, 0.2) is 0 Å². The van der Waals surface area contributed by atoms with Gasteiger partial charge in [-0.25, -0.2) is 0 Å². The van der Waals surface area contributed by atoms with Crippen LogP contribution < -0.4 is 10.1 Å². The summed E-state index contributed by atoms with van der Waals surface area (Å²) in [6.45, 7) is 9.47. The maximum absolute atomic E-state index is 12.8. The molecule has 2 fully saturated rings. The van der Waals surface area contributed by atoms with Crippen molar-refractivity contribution in [2.24, 2.45) is 0 Å². The first-order valence-corrected chi connectivity index (χ1v) is 11.2. The summed E-state index contributed by atoms with van der Waals surface area (Å²) >= 11 is 0. The van der Waals surface area contributed by atoms with Gasteiger partial charge in [-0.3, -0.25) is 19.4 Å². The van der Waals surface area contributed by atoms with Gasteiger partial charge in [-0.05, 0) is 39.2 Å². The fourth-order valence-corrected chi connectivity index (χ4v) is 4.35. The number of nitrogens with zero attached hydrogens (tertiary/aromatic N) is 3. The highest BCUT2D eigenvalue weighted by atomic mass is 16.5. The van der Waals surface area contributed by atoms with Crippen LogP contribution in [0, 0.1) is 0 Å². The van der Waals surface area contributed by atoms with Crippen molar-refractivity contribution in [1.82, 2.24) is 20.0 Å². The molecule has 2 atom stereocenters. The zero-order valence-electron chi connectivity index (χ0n) is 18.6. The van der Waals surface area contributed by atoms with Crippen molar-refractivity contribution in [3.63, 3.8) is 0 Å². The van der Waals surface area contributed by atoms with Crippen molar-refractivity contribution < 1.29 is 14.3 Å². The third-order valence-electron chi connectivity index (χ3n) is 6.37. The highest BCUT2D eigenvalue weighted by Crippen LogP contribution is 2.24. The van der Waals surface area contributed by atoms with Crippen LogP contribution >= 0.6 is 0 Å². The molecule has 2 unspecified atom stereocenters. The number of carbonyl (C=O) groups is 2. The van der Waals surface area contributed by atoms with Gasteiger partial charge >= 0.3 is 0 Å². The van der Waals surface area contributed by atoms with Crippen LogP contribution in [0.15, 0.2) is 24.3 Å². The minimum atomic E-state index is -0.206. The molecule has 7 nitrogen and oxygen atoms in total. The van der Waals surface area contributed by atoms with Gasteiger partial charge in [-0.2, -0.15) is 0 Å². The third kappa shape index (κ3) is 5.73. The summed E-state index contributed by atoms with van der Waals surface area (Å²) in [5.41, 5.74) is 0.974. The molecule has 0 aromatic heterocycles. The van der Waals surface area contributed by atoms with Crippen LogP contribution in [0.1, 0.15) is 44.7 Å². The zero-order chi connectivity index (χ0) is 21.5. The summed E-state index contributed by atoms with van der Waals surface area (Å²) in [7, 11) is 1.64. The second-order valence-electron chi connectivity index (χ2n) is 8.40. The van der Waals surface area contributed by atoms with Crippen LogP contribution in [-0.4, -0.2) is 85.5 Å². The molecule has 2 amide bonds. The second-order valence-corrected chi connectivity index (χ2v) is 8.40.